The van der Waals surface area contributed by atoms with E-state index in [-0.39, 0.29) is 24.1 Å². The summed E-state index contributed by atoms with van der Waals surface area (Å²) in [5, 5.41) is 0. The van der Waals surface area contributed by atoms with Crippen LogP contribution in [0.1, 0.15) is 155 Å². The first-order chi connectivity index (χ1) is 22.0. The Morgan fingerprint density at radius 3 is 0.889 bits per heavy atom. The van der Waals surface area contributed by atoms with E-state index < -0.39 is 5.41 Å². The molecule has 0 radical (unpaired) electrons. The van der Waals surface area contributed by atoms with Gasteiger partial charge in [-0.3, -0.25) is 9.59 Å². The summed E-state index contributed by atoms with van der Waals surface area (Å²) in [4.78, 5) is 29.5. The fourth-order valence-corrected chi connectivity index (χ4v) is 13.7. The lowest BCUT2D eigenvalue weighted by Crippen LogP contribution is -2.53. The van der Waals surface area contributed by atoms with Gasteiger partial charge in [-0.25, -0.2) is 0 Å². The molecule has 0 N–H and O–H groups in total. The van der Waals surface area contributed by atoms with Crippen molar-refractivity contribution in [3.8, 4) is 0 Å². The van der Waals surface area contributed by atoms with E-state index in [9.17, 15) is 9.59 Å². The zero-order chi connectivity index (χ0) is 30.7. The third-order valence-electron chi connectivity index (χ3n) is 16.6. The van der Waals surface area contributed by atoms with Crippen molar-refractivity contribution in [3.63, 3.8) is 0 Å². The molecule has 4 atom stereocenters. The van der Waals surface area contributed by atoms with Crippen LogP contribution in [0.4, 0.5) is 0 Å². The predicted octanol–water partition coefficient (Wildman–Crippen LogP) is 9.92. The minimum absolute atomic E-state index is 0.00271. The molecule has 12 saturated carbocycles. The summed E-state index contributed by atoms with van der Waals surface area (Å²) >= 11 is 0. The molecule has 8 bridgehead atoms. The third-order valence-corrected chi connectivity index (χ3v) is 16.6. The van der Waals surface area contributed by atoms with Gasteiger partial charge in [0.1, 0.15) is 12.2 Å². The highest BCUT2D eigenvalue weighted by molar-refractivity contribution is 6.00. The van der Waals surface area contributed by atoms with Gasteiger partial charge >= 0.3 is 11.9 Å². The molecular formula is C41H64O4. The molecule has 4 nitrogen and oxygen atoms in total. The quantitative estimate of drug-likeness (QED) is 0.180. The molecule has 12 aliphatic rings. The van der Waals surface area contributed by atoms with E-state index in [0.29, 0.717) is 60.2 Å². The van der Waals surface area contributed by atoms with Gasteiger partial charge in [0.2, 0.25) is 0 Å². The highest BCUT2D eigenvalue weighted by Gasteiger charge is 2.55. The van der Waals surface area contributed by atoms with E-state index in [1.54, 1.807) is 0 Å². The van der Waals surface area contributed by atoms with Gasteiger partial charge in [-0.2, -0.15) is 0 Å². The maximum atomic E-state index is 14.7. The molecular weight excluding hydrogens is 556 g/mol. The van der Waals surface area contributed by atoms with Gasteiger partial charge in [0, 0.05) is 0 Å². The molecule has 4 unspecified atom stereocenters. The van der Waals surface area contributed by atoms with Crippen LogP contribution in [0, 0.1) is 76.4 Å². The third kappa shape index (κ3) is 5.64. The SMILES string of the molecule is CCC(CC)(C(=O)OC(C1CC2CCC1CC2)C1CC2CCC1CC2)C(=O)OC(C1CC2CCC1CC2)C1CC2CCC1CC2. The number of rotatable bonds is 10. The van der Waals surface area contributed by atoms with Gasteiger partial charge in [-0.15, -0.1) is 0 Å². The second-order valence-corrected chi connectivity index (χ2v) is 18.3. The number of ether oxygens (including phenoxy) is 2. The van der Waals surface area contributed by atoms with Crippen LogP contribution < -0.4 is 0 Å². The lowest BCUT2D eigenvalue weighted by atomic mass is 9.56. The first-order valence-electron chi connectivity index (χ1n) is 20.4. The summed E-state index contributed by atoms with van der Waals surface area (Å²) in [6.07, 6.45) is 27.4. The van der Waals surface area contributed by atoms with E-state index in [1.165, 1.54) is 128 Å². The number of hydrogen-bond donors (Lipinski definition) is 0. The van der Waals surface area contributed by atoms with E-state index in [1.807, 2.05) is 13.8 Å². The zero-order valence-electron chi connectivity index (χ0n) is 28.8. The van der Waals surface area contributed by atoms with Gasteiger partial charge in [0.05, 0.1) is 0 Å². The lowest BCUT2D eigenvalue weighted by molar-refractivity contribution is -0.196. The minimum Gasteiger partial charge on any atom is -0.461 e. The monoisotopic (exact) mass is 620 g/mol. The molecule has 12 aliphatic carbocycles. The standard InChI is InChI=1S/C41H64O4/c1-3-41(4-2,39(42)44-37(33-21-25-5-13-29(33)14-6-25)34-22-26-7-15-30(34)16-8-26)40(43)45-38(35-23-27-9-17-31(35)18-10-27)36-24-28-11-19-32(36)20-12-28/h25-38H,3-24H2,1-2H3. The van der Waals surface area contributed by atoms with E-state index in [0.717, 1.165) is 23.7 Å². The van der Waals surface area contributed by atoms with E-state index in [2.05, 4.69) is 0 Å². The molecule has 12 rings (SSSR count). The predicted molar refractivity (Wildman–Crippen MR) is 177 cm³/mol. The van der Waals surface area contributed by atoms with Gasteiger partial charge in [-0.1, -0.05) is 65.2 Å². The Bertz CT molecular complexity index is 907. The van der Waals surface area contributed by atoms with Crippen LogP contribution in [0.2, 0.25) is 0 Å². The van der Waals surface area contributed by atoms with Gasteiger partial charge in [-0.05, 0) is 161 Å². The van der Waals surface area contributed by atoms with Crippen LogP contribution in [0.25, 0.3) is 0 Å². The van der Waals surface area contributed by atoms with Gasteiger partial charge < -0.3 is 9.47 Å². The number of hydrogen-bond acceptors (Lipinski definition) is 4. The molecule has 0 aliphatic heterocycles. The Morgan fingerprint density at radius 2 is 0.711 bits per heavy atom. The second kappa shape index (κ2) is 12.8. The van der Waals surface area contributed by atoms with Crippen LogP contribution in [0.3, 0.4) is 0 Å². The summed E-state index contributed by atoms with van der Waals surface area (Å²) in [5.74, 6) is 7.59. The van der Waals surface area contributed by atoms with Crippen LogP contribution >= 0.6 is 0 Å². The number of carbonyl (C=O) groups is 2. The van der Waals surface area contributed by atoms with Crippen molar-refractivity contribution in [1.82, 2.24) is 0 Å². The number of carbonyl (C=O) groups excluding carboxylic acids is 2. The highest BCUT2D eigenvalue weighted by Crippen LogP contribution is 2.56. The van der Waals surface area contributed by atoms with Crippen molar-refractivity contribution in [2.75, 3.05) is 0 Å². The van der Waals surface area contributed by atoms with Crippen molar-refractivity contribution < 1.29 is 19.1 Å². The first kappa shape index (κ1) is 31.2. The Balaban J connectivity index is 1.06. The highest BCUT2D eigenvalue weighted by atomic mass is 16.6. The largest absolute Gasteiger partial charge is 0.461 e. The smallest absolute Gasteiger partial charge is 0.323 e. The molecule has 4 heteroatoms. The Morgan fingerprint density at radius 1 is 0.467 bits per heavy atom. The van der Waals surface area contributed by atoms with Crippen LogP contribution in [0.15, 0.2) is 0 Å². The van der Waals surface area contributed by atoms with Crippen LogP contribution in [-0.2, 0) is 19.1 Å². The molecule has 252 valence electrons. The molecule has 12 fully saturated rings. The lowest BCUT2D eigenvalue weighted by Gasteiger charge is -2.53. The number of fused-ring (bicyclic) bond motifs is 12. The van der Waals surface area contributed by atoms with Crippen molar-refractivity contribution in [2.45, 2.75) is 167 Å². The van der Waals surface area contributed by atoms with Gasteiger partial charge in [0.25, 0.3) is 0 Å². The fourth-order valence-electron chi connectivity index (χ4n) is 13.7. The van der Waals surface area contributed by atoms with Gasteiger partial charge in [0.15, 0.2) is 5.41 Å². The summed E-state index contributed by atoms with van der Waals surface area (Å²) in [7, 11) is 0. The molecule has 0 heterocycles. The molecule has 0 spiro atoms. The number of esters is 2. The molecule has 0 aromatic rings. The zero-order valence-corrected chi connectivity index (χ0v) is 28.8. The molecule has 0 amide bonds. The van der Waals surface area contributed by atoms with Crippen LogP contribution in [-0.4, -0.2) is 24.1 Å². The van der Waals surface area contributed by atoms with Crippen molar-refractivity contribution in [3.05, 3.63) is 0 Å². The fraction of sp³-hybridized carbons (Fsp3) is 0.951. The maximum absolute atomic E-state index is 14.7. The molecule has 0 aromatic heterocycles. The second-order valence-electron chi connectivity index (χ2n) is 18.3. The van der Waals surface area contributed by atoms with Crippen molar-refractivity contribution in [1.29, 1.82) is 0 Å². The maximum Gasteiger partial charge on any atom is 0.323 e. The normalized spacial score (nSPS) is 44.8. The Labute approximate surface area is 274 Å². The average Bonchev–Trinajstić information content (AvgIpc) is 3.12. The summed E-state index contributed by atoms with van der Waals surface area (Å²) in [6, 6.07) is 0. The van der Waals surface area contributed by atoms with E-state index >= 15 is 0 Å². The van der Waals surface area contributed by atoms with E-state index in [4.69, 9.17) is 9.47 Å². The Hall–Kier alpha value is -1.06. The summed E-state index contributed by atoms with van der Waals surface area (Å²) in [5.41, 5.74) is -1.17. The molecule has 45 heavy (non-hydrogen) atoms. The Kier molecular flexibility index (Phi) is 8.85. The molecule has 0 saturated heterocycles. The topological polar surface area (TPSA) is 52.6 Å². The van der Waals surface area contributed by atoms with Crippen LogP contribution in [0.5, 0.6) is 0 Å². The summed E-state index contributed by atoms with van der Waals surface area (Å²) in [6.45, 7) is 4.10. The average molecular weight is 621 g/mol. The minimum atomic E-state index is -1.17. The van der Waals surface area contributed by atoms with Crippen molar-refractivity contribution >= 4 is 11.9 Å². The molecule has 0 aromatic carbocycles. The summed E-state index contributed by atoms with van der Waals surface area (Å²) < 4.78 is 13.9. The first-order valence-corrected chi connectivity index (χ1v) is 20.4. The van der Waals surface area contributed by atoms with Crippen molar-refractivity contribution in [2.24, 2.45) is 76.4 Å².